The third kappa shape index (κ3) is 4.40. The molecule has 1 atom stereocenters. The van der Waals surface area contributed by atoms with Crippen LogP contribution in [0.25, 0.3) is 10.1 Å². The molecule has 1 amide bonds. The van der Waals surface area contributed by atoms with E-state index >= 15 is 0 Å². The number of amides is 1. The van der Waals surface area contributed by atoms with Gasteiger partial charge in [0.2, 0.25) is 0 Å². The third-order valence-electron chi connectivity index (χ3n) is 5.26. The first-order valence-corrected chi connectivity index (χ1v) is 12.4. The predicted molar refractivity (Wildman–Crippen MR) is 127 cm³/mol. The fourth-order valence-electron chi connectivity index (χ4n) is 3.70. The van der Waals surface area contributed by atoms with Gasteiger partial charge in [-0.25, -0.2) is 9.59 Å². The Morgan fingerprint density at radius 1 is 1.12 bits per heavy atom. The number of aryl methyl sites for hydroxylation is 1. The van der Waals surface area contributed by atoms with Gasteiger partial charge in [-0.05, 0) is 51.2 Å². The van der Waals surface area contributed by atoms with Crippen molar-refractivity contribution >= 4 is 67.2 Å². The Morgan fingerprint density at radius 2 is 1.88 bits per heavy atom. The highest BCUT2D eigenvalue weighted by Crippen LogP contribution is 2.39. The zero-order valence-corrected chi connectivity index (χ0v) is 20.0. The number of ether oxygens (including phenoxy) is 2. The number of halogens is 1. The van der Waals surface area contributed by atoms with Crippen molar-refractivity contribution in [2.45, 2.75) is 45.6 Å². The van der Waals surface area contributed by atoms with E-state index in [2.05, 4.69) is 5.32 Å². The Balaban J connectivity index is 1.51. The van der Waals surface area contributed by atoms with E-state index in [0.29, 0.717) is 15.6 Å². The molecule has 4 rings (SSSR count). The number of nitrogens with one attached hydrogen (secondary N) is 1. The number of benzene rings is 1. The Morgan fingerprint density at radius 3 is 2.62 bits per heavy atom. The van der Waals surface area contributed by atoms with Crippen molar-refractivity contribution in [1.82, 2.24) is 0 Å². The van der Waals surface area contributed by atoms with Crippen molar-refractivity contribution in [3.05, 3.63) is 50.2 Å². The van der Waals surface area contributed by atoms with Crippen molar-refractivity contribution in [3.63, 3.8) is 0 Å². The normalized spacial score (nSPS) is 14.0. The first-order valence-electron chi connectivity index (χ1n) is 10.4. The van der Waals surface area contributed by atoms with E-state index in [1.54, 1.807) is 6.92 Å². The molecule has 1 unspecified atom stereocenters. The highest BCUT2D eigenvalue weighted by molar-refractivity contribution is 7.21. The van der Waals surface area contributed by atoms with E-state index in [9.17, 15) is 14.4 Å². The number of anilines is 1. The molecule has 168 valence electrons. The van der Waals surface area contributed by atoms with Crippen LogP contribution in [-0.4, -0.2) is 30.6 Å². The zero-order valence-electron chi connectivity index (χ0n) is 17.7. The lowest BCUT2D eigenvalue weighted by molar-refractivity contribution is -0.123. The average Bonchev–Trinajstić information content (AvgIpc) is 3.31. The number of rotatable bonds is 6. The fourth-order valence-corrected chi connectivity index (χ4v) is 6.37. The van der Waals surface area contributed by atoms with Gasteiger partial charge in [0, 0.05) is 15.0 Å². The molecule has 1 aliphatic rings. The van der Waals surface area contributed by atoms with Gasteiger partial charge in [0.05, 0.1) is 17.2 Å². The molecule has 32 heavy (non-hydrogen) atoms. The van der Waals surface area contributed by atoms with Crippen LogP contribution >= 0.6 is 34.3 Å². The number of esters is 2. The first-order chi connectivity index (χ1) is 15.4. The van der Waals surface area contributed by atoms with E-state index in [1.807, 2.05) is 24.3 Å². The van der Waals surface area contributed by atoms with Crippen LogP contribution in [-0.2, 0) is 27.1 Å². The Hall–Kier alpha value is -2.42. The molecule has 0 fully saturated rings. The molecular formula is C23H22ClNO5S2. The summed E-state index contributed by atoms with van der Waals surface area (Å²) in [6.07, 6.45) is 2.63. The summed E-state index contributed by atoms with van der Waals surface area (Å²) in [6.45, 7) is 3.49. The molecule has 2 aromatic heterocycles. The van der Waals surface area contributed by atoms with Crippen LogP contribution < -0.4 is 5.32 Å². The summed E-state index contributed by atoms with van der Waals surface area (Å²) < 4.78 is 11.5. The molecular weight excluding hydrogens is 470 g/mol. The zero-order chi connectivity index (χ0) is 22.8. The second-order valence-electron chi connectivity index (χ2n) is 7.41. The molecule has 1 aliphatic carbocycles. The van der Waals surface area contributed by atoms with Crippen LogP contribution in [0, 0.1) is 0 Å². The number of fused-ring (bicyclic) bond motifs is 2. The molecule has 0 spiro atoms. The van der Waals surface area contributed by atoms with Crippen LogP contribution in [0.2, 0.25) is 5.02 Å². The van der Waals surface area contributed by atoms with Crippen molar-refractivity contribution < 1.29 is 23.9 Å². The number of carbonyl (C=O) groups is 3. The molecule has 0 radical (unpaired) electrons. The standard InChI is InChI=1S/C23H22ClNO5S2/c1-3-29-22(27)17-13-8-4-6-10-15(13)32-21(17)25-20(26)12(2)30-23(28)19-18(24)14-9-5-7-11-16(14)31-19/h5,7,9,11-12H,3-4,6,8,10H2,1-2H3,(H,25,26). The Kier molecular flexibility index (Phi) is 6.83. The lowest BCUT2D eigenvalue weighted by Crippen LogP contribution is -2.30. The lowest BCUT2D eigenvalue weighted by Gasteiger charge is -2.14. The maximum atomic E-state index is 12.8. The lowest BCUT2D eigenvalue weighted by atomic mass is 9.95. The molecule has 0 aliphatic heterocycles. The van der Waals surface area contributed by atoms with E-state index in [-0.39, 0.29) is 11.5 Å². The van der Waals surface area contributed by atoms with E-state index in [0.717, 1.165) is 46.2 Å². The molecule has 3 aromatic rings. The van der Waals surface area contributed by atoms with Gasteiger partial charge in [0.1, 0.15) is 9.88 Å². The van der Waals surface area contributed by atoms with Gasteiger partial charge < -0.3 is 14.8 Å². The molecule has 0 bridgehead atoms. The second kappa shape index (κ2) is 9.60. The van der Waals surface area contributed by atoms with Crippen molar-refractivity contribution in [2.75, 3.05) is 11.9 Å². The summed E-state index contributed by atoms with van der Waals surface area (Å²) >= 11 is 8.96. The minimum Gasteiger partial charge on any atom is -0.462 e. The molecule has 1 aromatic carbocycles. The predicted octanol–water partition coefficient (Wildman–Crippen LogP) is 5.86. The molecule has 6 nitrogen and oxygen atoms in total. The van der Waals surface area contributed by atoms with Gasteiger partial charge in [-0.15, -0.1) is 22.7 Å². The van der Waals surface area contributed by atoms with Gasteiger partial charge in [-0.2, -0.15) is 0 Å². The van der Waals surface area contributed by atoms with Gasteiger partial charge >= 0.3 is 11.9 Å². The minimum atomic E-state index is -1.07. The molecule has 0 saturated heterocycles. The largest absolute Gasteiger partial charge is 0.462 e. The first kappa shape index (κ1) is 22.8. The van der Waals surface area contributed by atoms with Crippen LogP contribution in [0.4, 0.5) is 5.00 Å². The number of carbonyl (C=O) groups excluding carboxylic acids is 3. The fraction of sp³-hybridized carbons (Fsp3) is 0.348. The number of hydrogen-bond acceptors (Lipinski definition) is 7. The maximum absolute atomic E-state index is 12.8. The average molecular weight is 492 g/mol. The second-order valence-corrected chi connectivity index (χ2v) is 9.95. The minimum absolute atomic E-state index is 0.251. The number of hydrogen-bond donors (Lipinski definition) is 1. The highest BCUT2D eigenvalue weighted by atomic mass is 35.5. The van der Waals surface area contributed by atoms with Gasteiger partial charge in [0.15, 0.2) is 6.10 Å². The quantitative estimate of drug-likeness (QED) is 0.437. The summed E-state index contributed by atoms with van der Waals surface area (Å²) in [4.78, 5) is 39.4. The summed E-state index contributed by atoms with van der Waals surface area (Å²) in [5.41, 5.74) is 1.38. The van der Waals surface area contributed by atoms with Gasteiger partial charge in [0.25, 0.3) is 5.91 Å². The summed E-state index contributed by atoms with van der Waals surface area (Å²) in [5.74, 6) is -1.61. The smallest absolute Gasteiger partial charge is 0.350 e. The van der Waals surface area contributed by atoms with Gasteiger partial charge in [-0.3, -0.25) is 4.79 Å². The molecule has 9 heteroatoms. The molecule has 1 N–H and O–H groups in total. The van der Waals surface area contributed by atoms with Crippen LogP contribution in [0.3, 0.4) is 0 Å². The summed E-state index contributed by atoms with van der Waals surface area (Å²) in [7, 11) is 0. The molecule has 2 heterocycles. The molecule has 0 saturated carbocycles. The Bertz CT molecular complexity index is 1200. The van der Waals surface area contributed by atoms with Crippen LogP contribution in [0.15, 0.2) is 24.3 Å². The summed E-state index contributed by atoms with van der Waals surface area (Å²) in [5, 5.41) is 4.31. The van der Waals surface area contributed by atoms with Crippen molar-refractivity contribution in [2.24, 2.45) is 0 Å². The van der Waals surface area contributed by atoms with E-state index in [4.69, 9.17) is 21.1 Å². The third-order valence-corrected chi connectivity index (χ3v) is 8.12. The van der Waals surface area contributed by atoms with Crippen molar-refractivity contribution in [3.8, 4) is 0 Å². The maximum Gasteiger partial charge on any atom is 0.350 e. The topological polar surface area (TPSA) is 81.7 Å². The number of thiophene rings is 2. The van der Waals surface area contributed by atoms with E-state index < -0.39 is 23.9 Å². The summed E-state index contributed by atoms with van der Waals surface area (Å²) in [6, 6.07) is 7.40. The Labute approximate surface area is 198 Å². The van der Waals surface area contributed by atoms with Gasteiger partial charge in [-0.1, -0.05) is 29.8 Å². The van der Waals surface area contributed by atoms with E-state index in [1.165, 1.54) is 29.6 Å². The monoisotopic (exact) mass is 491 g/mol. The van der Waals surface area contributed by atoms with Crippen molar-refractivity contribution in [1.29, 1.82) is 0 Å². The highest BCUT2D eigenvalue weighted by Gasteiger charge is 2.29. The SMILES string of the molecule is CCOC(=O)c1c(NC(=O)C(C)OC(=O)c2sc3ccccc3c2Cl)sc2c1CCCC2. The van der Waals surface area contributed by atoms with Crippen LogP contribution in [0.1, 0.15) is 57.2 Å². The van der Waals surface area contributed by atoms with Crippen LogP contribution in [0.5, 0.6) is 0 Å².